The molecule has 0 aromatic heterocycles. The summed E-state index contributed by atoms with van der Waals surface area (Å²) in [7, 11) is -2.09. The van der Waals surface area contributed by atoms with Crippen molar-refractivity contribution < 1.29 is 23.1 Å². The van der Waals surface area contributed by atoms with Gasteiger partial charge in [-0.2, -0.15) is 0 Å². The van der Waals surface area contributed by atoms with Gasteiger partial charge in [0.2, 0.25) is 10.0 Å². The summed E-state index contributed by atoms with van der Waals surface area (Å²) in [6.45, 7) is 0.909. The predicted octanol–water partition coefficient (Wildman–Crippen LogP) is -0.193. The van der Waals surface area contributed by atoms with Crippen LogP contribution in [-0.2, 0) is 19.6 Å². The molecule has 0 heterocycles. The summed E-state index contributed by atoms with van der Waals surface area (Å²) in [6.07, 6.45) is 2.73. The number of hydrogen-bond acceptors (Lipinski definition) is 4. The van der Waals surface area contributed by atoms with E-state index in [-0.39, 0.29) is 5.41 Å². The van der Waals surface area contributed by atoms with Gasteiger partial charge in [-0.05, 0) is 24.7 Å². The molecule has 2 N–H and O–H groups in total. The molecule has 0 amide bonds. The van der Waals surface area contributed by atoms with Gasteiger partial charge in [-0.15, -0.1) is 0 Å². The third-order valence-electron chi connectivity index (χ3n) is 2.77. The molecule has 94 valence electrons. The van der Waals surface area contributed by atoms with E-state index >= 15 is 0 Å². The average molecular weight is 251 g/mol. The van der Waals surface area contributed by atoms with Crippen molar-refractivity contribution in [3.63, 3.8) is 0 Å². The Balaban J connectivity index is 2.36. The number of nitrogens with one attached hydrogen (secondary N) is 1. The lowest BCUT2D eigenvalue weighted by Crippen LogP contribution is -2.34. The van der Waals surface area contributed by atoms with E-state index in [0.29, 0.717) is 13.2 Å². The van der Waals surface area contributed by atoms with Gasteiger partial charge in [-0.1, -0.05) is 0 Å². The van der Waals surface area contributed by atoms with Crippen LogP contribution in [0.1, 0.15) is 19.3 Å². The van der Waals surface area contributed by atoms with Crippen molar-refractivity contribution in [2.75, 3.05) is 26.0 Å². The molecule has 0 saturated heterocycles. The van der Waals surface area contributed by atoms with Gasteiger partial charge in [0.25, 0.3) is 0 Å². The molecular formula is C9H17NO5S. The molecule has 0 aliphatic heterocycles. The molecule has 6 nitrogen and oxygen atoms in total. The third-order valence-corrected chi connectivity index (χ3v) is 3.99. The molecule has 1 fully saturated rings. The Morgan fingerprint density at radius 3 is 2.56 bits per heavy atom. The van der Waals surface area contributed by atoms with Gasteiger partial charge >= 0.3 is 5.97 Å². The molecular weight excluding hydrogens is 234 g/mol. The fourth-order valence-corrected chi connectivity index (χ4v) is 2.44. The molecule has 0 atom stereocenters. The molecule has 0 bridgehead atoms. The van der Waals surface area contributed by atoms with Crippen molar-refractivity contribution in [2.45, 2.75) is 19.3 Å². The van der Waals surface area contributed by atoms with Crippen molar-refractivity contribution in [1.82, 2.24) is 4.72 Å². The van der Waals surface area contributed by atoms with E-state index in [4.69, 9.17) is 9.84 Å². The molecule has 0 spiro atoms. The van der Waals surface area contributed by atoms with E-state index in [1.807, 2.05) is 0 Å². The van der Waals surface area contributed by atoms with E-state index in [2.05, 4.69) is 4.72 Å². The van der Waals surface area contributed by atoms with Gasteiger partial charge in [-0.25, -0.2) is 13.1 Å². The van der Waals surface area contributed by atoms with Crippen LogP contribution in [-0.4, -0.2) is 45.5 Å². The molecule has 7 heteroatoms. The average Bonchev–Trinajstić information content (AvgIpc) is 2.91. The Bertz CT molecular complexity index is 347. The van der Waals surface area contributed by atoms with Gasteiger partial charge in [0, 0.05) is 20.3 Å². The standard InChI is InChI=1S/C9H17NO5S/c1-15-5-4-9(2-3-9)7-10-16(13,14)6-8(11)12/h10H,2-7H2,1H3,(H,11,12). The lowest BCUT2D eigenvalue weighted by atomic mass is 10.0. The number of aliphatic carboxylic acids is 1. The molecule has 1 aliphatic carbocycles. The highest BCUT2D eigenvalue weighted by Crippen LogP contribution is 2.48. The van der Waals surface area contributed by atoms with Crippen molar-refractivity contribution >= 4 is 16.0 Å². The molecule has 1 rings (SSSR count). The zero-order chi connectivity index (χ0) is 12.2. The van der Waals surface area contributed by atoms with E-state index in [0.717, 1.165) is 19.3 Å². The Kier molecular flexibility index (Phi) is 4.28. The highest BCUT2D eigenvalue weighted by Gasteiger charge is 2.42. The monoisotopic (exact) mass is 251 g/mol. The largest absolute Gasteiger partial charge is 0.480 e. The first kappa shape index (κ1) is 13.4. The van der Waals surface area contributed by atoms with Crippen LogP contribution < -0.4 is 4.72 Å². The van der Waals surface area contributed by atoms with Crippen LogP contribution in [0.3, 0.4) is 0 Å². The quantitative estimate of drug-likeness (QED) is 0.623. The maximum Gasteiger partial charge on any atom is 0.320 e. The second kappa shape index (κ2) is 5.11. The summed E-state index contributed by atoms with van der Waals surface area (Å²) in [5.41, 5.74) is -0.0123. The first-order valence-electron chi connectivity index (χ1n) is 5.07. The minimum atomic E-state index is -3.69. The van der Waals surface area contributed by atoms with E-state index in [1.54, 1.807) is 7.11 Å². The third kappa shape index (κ3) is 4.46. The van der Waals surface area contributed by atoms with Gasteiger partial charge in [0.1, 0.15) is 0 Å². The first-order valence-corrected chi connectivity index (χ1v) is 6.72. The lowest BCUT2D eigenvalue weighted by molar-refractivity contribution is -0.134. The second-order valence-electron chi connectivity index (χ2n) is 4.22. The SMILES string of the molecule is COCCC1(CNS(=O)(=O)CC(=O)O)CC1. The summed E-state index contributed by atoms with van der Waals surface area (Å²) >= 11 is 0. The fraction of sp³-hybridized carbons (Fsp3) is 0.889. The fourth-order valence-electron chi connectivity index (χ4n) is 1.49. The maximum atomic E-state index is 11.3. The van der Waals surface area contributed by atoms with Crippen LogP contribution in [0.4, 0.5) is 0 Å². The number of methoxy groups -OCH3 is 1. The van der Waals surface area contributed by atoms with Crippen LogP contribution in [0.2, 0.25) is 0 Å². The van der Waals surface area contributed by atoms with E-state index in [9.17, 15) is 13.2 Å². The molecule has 0 aromatic carbocycles. The van der Waals surface area contributed by atoms with Crippen LogP contribution in [0, 0.1) is 5.41 Å². The topological polar surface area (TPSA) is 92.7 Å². The number of hydrogen-bond donors (Lipinski definition) is 2. The van der Waals surface area contributed by atoms with Crippen LogP contribution >= 0.6 is 0 Å². The zero-order valence-corrected chi connectivity index (χ0v) is 10.0. The predicted molar refractivity (Wildman–Crippen MR) is 57.6 cm³/mol. The molecule has 0 radical (unpaired) electrons. The summed E-state index contributed by atoms with van der Waals surface area (Å²) < 4.78 is 29.8. The Morgan fingerprint density at radius 2 is 2.12 bits per heavy atom. The number of carbonyl (C=O) groups is 1. The normalized spacial score (nSPS) is 18.3. The Morgan fingerprint density at radius 1 is 1.50 bits per heavy atom. The van der Waals surface area contributed by atoms with Crippen LogP contribution in [0.25, 0.3) is 0 Å². The molecule has 0 aromatic rings. The Labute approximate surface area is 95.0 Å². The highest BCUT2D eigenvalue weighted by atomic mass is 32.2. The van der Waals surface area contributed by atoms with Gasteiger partial charge < -0.3 is 9.84 Å². The molecule has 16 heavy (non-hydrogen) atoms. The molecule has 1 aliphatic rings. The van der Waals surface area contributed by atoms with Crippen LogP contribution in [0.15, 0.2) is 0 Å². The number of ether oxygens (including phenoxy) is 1. The van der Waals surface area contributed by atoms with Crippen molar-refractivity contribution in [3.8, 4) is 0 Å². The lowest BCUT2D eigenvalue weighted by Gasteiger charge is -2.14. The number of carboxylic acids is 1. The number of sulfonamides is 1. The molecule has 1 saturated carbocycles. The van der Waals surface area contributed by atoms with Gasteiger partial charge in [0.05, 0.1) is 0 Å². The Hall–Kier alpha value is -0.660. The maximum absolute atomic E-state index is 11.3. The minimum Gasteiger partial charge on any atom is -0.480 e. The molecule has 0 unspecified atom stereocenters. The van der Waals surface area contributed by atoms with Crippen molar-refractivity contribution in [3.05, 3.63) is 0 Å². The van der Waals surface area contributed by atoms with E-state index < -0.39 is 21.7 Å². The smallest absolute Gasteiger partial charge is 0.320 e. The van der Waals surface area contributed by atoms with Crippen molar-refractivity contribution in [2.24, 2.45) is 5.41 Å². The van der Waals surface area contributed by atoms with Crippen LogP contribution in [0.5, 0.6) is 0 Å². The second-order valence-corrected chi connectivity index (χ2v) is 6.02. The highest BCUT2D eigenvalue weighted by molar-refractivity contribution is 7.90. The zero-order valence-electron chi connectivity index (χ0n) is 9.23. The number of carboxylic acid groups (broad SMARTS) is 1. The summed E-state index contributed by atoms with van der Waals surface area (Å²) in [6, 6.07) is 0. The summed E-state index contributed by atoms with van der Waals surface area (Å²) in [5, 5.41) is 8.40. The van der Waals surface area contributed by atoms with Gasteiger partial charge in [0.15, 0.2) is 5.75 Å². The number of rotatable bonds is 8. The van der Waals surface area contributed by atoms with Gasteiger partial charge in [-0.3, -0.25) is 4.79 Å². The van der Waals surface area contributed by atoms with Crippen molar-refractivity contribution in [1.29, 1.82) is 0 Å². The minimum absolute atomic E-state index is 0.0123. The first-order chi connectivity index (χ1) is 7.39. The summed E-state index contributed by atoms with van der Waals surface area (Å²) in [4.78, 5) is 10.3. The van der Waals surface area contributed by atoms with E-state index in [1.165, 1.54) is 0 Å². The summed E-state index contributed by atoms with van der Waals surface area (Å²) in [5.74, 6) is -2.21.